The Hall–Kier alpha value is -1.40. The minimum Gasteiger partial charge on any atom is -0.390 e. The number of hydrogen-bond acceptors (Lipinski definition) is 4. The van der Waals surface area contributed by atoms with Gasteiger partial charge >= 0.3 is 0 Å². The SMILES string of the molecule is CN(C(=O)c1cncn1C)[C@@H]1CNC[C@H]1O. The summed E-state index contributed by atoms with van der Waals surface area (Å²) in [6.07, 6.45) is 2.63. The number of aliphatic hydroxyl groups is 1. The van der Waals surface area contributed by atoms with Gasteiger partial charge in [0.1, 0.15) is 5.69 Å². The van der Waals surface area contributed by atoms with Crippen LogP contribution in [-0.4, -0.2) is 57.7 Å². The molecule has 2 N–H and O–H groups in total. The molecule has 1 amide bonds. The van der Waals surface area contributed by atoms with Gasteiger partial charge in [-0.05, 0) is 0 Å². The number of aryl methyl sites for hydroxylation is 1. The zero-order valence-corrected chi connectivity index (χ0v) is 9.42. The highest BCUT2D eigenvalue weighted by Crippen LogP contribution is 2.11. The topological polar surface area (TPSA) is 70.4 Å². The largest absolute Gasteiger partial charge is 0.390 e. The van der Waals surface area contributed by atoms with Gasteiger partial charge in [-0.25, -0.2) is 4.98 Å². The molecule has 2 rings (SSSR count). The second-order valence-electron chi connectivity index (χ2n) is 4.10. The van der Waals surface area contributed by atoms with E-state index in [-0.39, 0.29) is 11.9 Å². The highest BCUT2D eigenvalue weighted by molar-refractivity contribution is 5.92. The summed E-state index contributed by atoms with van der Waals surface area (Å²) in [4.78, 5) is 17.6. The number of β-amino-alcohol motifs (C(OH)–C–C–N with tert-alkyl or cyclic N) is 1. The average molecular weight is 224 g/mol. The Labute approximate surface area is 93.9 Å². The Morgan fingerprint density at radius 1 is 1.69 bits per heavy atom. The van der Waals surface area contributed by atoms with Gasteiger partial charge in [-0.1, -0.05) is 0 Å². The average Bonchev–Trinajstić information content (AvgIpc) is 2.85. The number of nitrogens with zero attached hydrogens (tertiary/aromatic N) is 3. The zero-order chi connectivity index (χ0) is 11.7. The van der Waals surface area contributed by atoms with E-state index in [0.29, 0.717) is 18.8 Å². The Kier molecular flexibility index (Phi) is 2.93. The quantitative estimate of drug-likeness (QED) is 0.664. The van der Waals surface area contributed by atoms with Crippen LogP contribution in [-0.2, 0) is 7.05 Å². The second kappa shape index (κ2) is 4.23. The zero-order valence-electron chi connectivity index (χ0n) is 9.42. The second-order valence-corrected chi connectivity index (χ2v) is 4.10. The number of hydrogen-bond donors (Lipinski definition) is 2. The minimum atomic E-state index is -0.498. The molecule has 1 aromatic heterocycles. The molecule has 16 heavy (non-hydrogen) atoms. The normalized spacial score (nSPS) is 24.7. The lowest BCUT2D eigenvalue weighted by Gasteiger charge is -2.26. The Morgan fingerprint density at radius 3 is 2.94 bits per heavy atom. The molecule has 0 bridgehead atoms. The van der Waals surface area contributed by atoms with Crippen LogP contribution in [0.3, 0.4) is 0 Å². The maximum absolute atomic E-state index is 12.1. The van der Waals surface area contributed by atoms with Crippen molar-refractivity contribution < 1.29 is 9.90 Å². The van der Waals surface area contributed by atoms with E-state index in [9.17, 15) is 9.90 Å². The summed E-state index contributed by atoms with van der Waals surface area (Å²) in [7, 11) is 3.48. The number of aliphatic hydroxyl groups excluding tert-OH is 1. The van der Waals surface area contributed by atoms with E-state index >= 15 is 0 Å². The van der Waals surface area contributed by atoms with Gasteiger partial charge in [0, 0.05) is 27.2 Å². The van der Waals surface area contributed by atoms with Gasteiger partial charge in [-0.15, -0.1) is 0 Å². The molecule has 1 aliphatic heterocycles. The fourth-order valence-corrected chi connectivity index (χ4v) is 1.94. The first-order valence-electron chi connectivity index (χ1n) is 5.23. The summed E-state index contributed by atoms with van der Waals surface area (Å²) in [5.41, 5.74) is 0.529. The molecule has 1 saturated heterocycles. The number of rotatable bonds is 2. The van der Waals surface area contributed by atoms with E-state index in [2.05, 4.69) is 10.3 Å². The Balaban J connectivity index is 2.13. The van der Waals surface area contributed by atoms with Gasteiger partial charge in [0.05, 0.1) is 24.7 Å². The summed E-state index contributed by atoms with van der Waals surface area (Å²) in [5.74, 6) is -0.118. The van der Waals surface area contributed by atoms with Crippen LogP contribution in [0.1, 0.15) is 10.5 Å². The lowest BCUT2D eigenvalue weighted by atomic mass is 10.2. The third-order valence-electron chi connectivity index (χ3n) is 3.00. The van der Waals surface area contributed by atoms with Crippen molar-refractivity contribution in [3.8, 4) is 0 Å². The maximum atomic E-state index is 12.1. The molecule has 6 nitrogen and oxygen atoms in total. The third kappa shape index (κ3) is 1.81. The predicted molar refractivity (Wildman–Crippen MR) is 58.0 cm³/mol. The lowest BCUT2D eigenvalue weighted by molar-refractivity contribution is 0.0572. The van der Waals surface area contributed by atoms with Crippen LogP contribution in [0.25, 0.3) is 0 Å². The maximum Gasteiger partial charge on any atom is 0.272 e. The van der Waals surface area contributed by atoms with Gasteiger partial charge in [-0.2, -0.15) is 0 Å². The van der Waals surface area contributed by atoms with Crippen LogP contribution in [0.5, 0.6) is 0 Å². The monoisotopic (exact) mass is 224 g/mol. The Bertz CT molecular complexity index is 390. The molecule has 0 radical (unpaired) electrons. The molecule has 1 aromatic rings. The summed E-state index contributed by atoms with van der Waals surface area (Å²) in [6, 6.07) is -0.164. The summed E-state index contributed by atoms with van der Waals surface area (Å²) < 4.78 is 1.67. The van der Waals surface area contributed by atoms with Crippen LogP contribution in [0.15, 0.2) is 12.5 Å². The van der Waals surface area contributed by atoms with E-state index in [4.69, 9.17) is 0 Å². The first-order valence-corrected chi connectivity index (χ1v) is 5.23. The molecule has 6 heteroatoms. The molecule has 0 aromatic carbocycles. The number of carbonyl (C=O) groups excluding carboxylic acids is 1. The van der Waals surface area contributed by atoms with Crippen molar-refractivity contribution in [3.63, 3.8) is 0 Å². The van der Waals surface area contributed by atoms with E-state index in [1.807, 2.05) is 0 Å². The van der Waals surface area contributed by atoms with Gasteiger partial charge in [0.15, 0.2) is 0 Å². The van der Waals surface area contributed by atoms with Crippen LogP contribution < -0.4 is 5.32 Å². The van der Waals surface area contributed by atoms with Gasteiger partial charge in [0.2, 0.25) is 0 Å². The van der Waals surface area contributed by atoms with Gasteiger partial charge < -0.3 is 19.9 Å². The molecule has 0 saturated carbocycles. The number of likely N-dealkylation sites (N-methyl/N-ethyl adjacent to an activating group) is 1. The number of nitrogens with one attached hydrogen (secondary N) is 1. The fourth-order valence-electron chi connectivity index (χ4n) is 1.94. The van der Waals surface area contributed by atoms with E-state index in [1.165, 1.54) is 6.20 Å². The molecule has 0 spiro atoms. The van der Waals surface area contributed by atoms with E-state index in [1.54, 1.807) is 29.9 Å². The fraction of sp³-hybridized carbons (Fsp3) is 0.600. The van der Waals surface area contributed by atoms with Crippen molar-refractivity contribution in [1.82, 2.24) is 19.8 Å². The summed E-state index contributed by atoms with van der Waals surface area (Å²) in [5, 5.41) is 12.7. The van der Waals surface area contributed by atoms with Crippen molar-refractivity contribution in [1.29, 1.82) is 0 Å². The number of imidazole rings is 1. The molecular formula is C10H16N4O2. The van der Waals surface area contributed by atoms with E-state index < -0.39 is 6.10 Å². The molecule has 0 unspecified atom stereocenters. The molecule has 2 heterocycles. The summed E-state index contributed by atoms with van der Waals surface area (Å²) >= 11 is 0. The molecule has 0 aliphatic carbocycles. The Morgan fingerprint density at radius 2 is 2.44 bits per heavy atom. The van der Waals surface area contributed by atoms with Gasteiger partial charge in [-0.3, -0.25) is 4.79 Å². The number of carbonyl (C=O) groups is 1. The highest BCUT2D eigenvalue weighted by atomic mass is 16.3. The minimum absolute atomic E-state index is 0.118. The molecule has 88 valence electrons. The summed E-state index contributed by atoms with van der Waals surface area (Å²) in [6.45, 7) is 1.16. The van der Waals surface area contributed by atoms with Crippen molar-refractivity contribution in [2.24, 2.45) is 7.05 Å². The van der Waals surface area contributed by atoms with Crippen molar-refractivity contribution >= 4 is 5.91 Å². The number of aromatic nitrogens is 2. The predicted octanol–water partition coefficient (Wildman–Crippen LogP) is -1.18. The first kappa shape index (κ1) is 11.1. The van der Waals surface area contributed by atoms with Crippen molar-refractivity contribution in [2.45, 2.75) is 12.1 Å². The molecular weight excluding hydrogens is 208 g/mol. The van der Waals surface area contributed by atoms with Crippen LogP contribution in [0.4, 0.5) is 0 Å². The first-order chi connectivity index (χ1) is 7.61. The molecule has 1 fully saturated rings. The van der Waals surface area contributed by atoms with E-state index in [0.717, 1.165) is 0 Å². The van der Waals surface area contributed by atoms with Crippen LogP contribution in [0.2, 0.25) is 0 Å². The van der Waals surface area contributed by atoms with Crippen LogP contribution in [0, 0.1) is 0 Å². The van der Waals surface area contributed by atoms with Crippen LogP contribution >= 0.6 is 0 Å². The highest BCUT2D eigenvalue weighted by Gasteiger charge is 2.32. The molecule has 1 aliphatic rings. The number of amides is 1. The van der Waals surface area contributed by atoms with Crippen molar-refractivity contribution in [2.75, 3.05) is 20.1 Å². The molecule has 2 atom stereocenters. The third-order valence-corrected chi connectivity index (χ3v) is 3.00. The van der Waals surface area contributed by atoms with Crippen molar-refractivity contribution in [3.05, 3.63) is 18.2 Å². The lowest BCUT2D eigenvalue weighted by Crippen LogP contribution is -2.44. The smallest absolute Gasteiger partial charge is 0.272 e. The standard InChI is InChI=1S/C10H16N4O2/c1-13-6-12-4-8(13)10(16)14(2)7-3-11-5-9(7)15/h4,6-7,9,11,15H,3,5H2,1-2H3/t7-,9-/m1/s1. The van der Waals surface area contributed by atoms with Gasteiger partial charge in [0.25, 0.3) is 5.91 Å².